The normalized spacial score (nSPS) is 11.7. The van der Waals surface area contributed by atoms with Crippen molar-refractivity contribution in [1.82, 2.24) is 10.6 Å². The first-order valence-corrected chi connectivity index (χ1v) is 6.46. The van der Waals surface area contributed by atoms with Crippen LogP contribution in [0.1, 0.15) is 13.8 Å². The Bertz CT molecular complexity index is 331. The second kappa shape index (κ2) is 8.57. The Morgan fingerprint density at radius 3 is 2.44 bits per heavy atom. The molecule has 3 N–H and O–H groups in total. The van der Waals surface area contributed by atoms with Gasteiger partial charge in [-0.3, -0.25) is 14.9 Å². The predicted molar refractivity (Wildman–Crippen MR) is 70.5 cm³/mol. The summed E-state index contributed by atoms with van der Waals surface area (Å²) >= 11 is 1.000. The van der Waals surface area contributed by atoms with E-state index in [-0.39, 0.29) is 18.2 Å². The topological polar surface area (TPSA) is 95.5 Å². The first-order valence-electron chi connectivity index (χ1n) is 5.41. The average Bonchev–Trinajstić information content (AvgIpc) is 2.25. The van der Waals surface area contributed by atoms with Gasteiger partial charge in [0, 0.05) is 6.54 Å². The highest BCUT2D eigenvalue weighted by Gasteiger charge is 2.23. The molecule has 102 valence electrons. The third-order valence-corrected chi connectivity index (χ3v) is 3.44. The highest BCUT2D eigenvalue weighted by atomic mass is 32.2. The smallest absolute Gasteiger partial charge is 0.321 e. The third kappa shape index (κ3) is 6.95. The largest absolute Gasteiger partial charge is 0.480 e. The summed E-state index contributed by atoms with van der Waals surface area (Å²) in [5.74, 6) is -1.64. The van der Waals surface area contributed by atoms with Crippen molar-refractivity contribution < 1.29 is 19.5 Å². The van der Waals surface area contributed by atoms with Gasteiger partial charge in [0.1, 0.15) is 5.25 Å². The van der Waals surface area contributed by atoms with Crippen LogP contribution in [0.5, 0.6) is 0 Å². The van der Waals surface area contributed by atoms with E-state index in [1.165, 1.54) is 6.08 Å². The van der Waals surface area contributed by atoms with Crippen LogP contribution >= 0.6 is 11.8 Å². The number of amides is 3. The average molecular weight is 274 g/mol. The zero-order chi connectivity index (χ0) is 14.1. The molecule has 0 radical (unpaired) electrons. The number of hydrogen-bond acceptors (Lipinski definition) is 4. The minimum atomic E-state index is -0.959. The van der Waals surface area contributed by atoms with Gasteiger partial charge in [-0.25, -0.2) is 4.79 Å². The van der Waals surface area contributed by atoms with Gasteiger partial charge in [0.05, 0.1) is 5.75 Å². The summed E-state index contributed by atoms with van der Waals surface area (Å²) in [6, 6.07) is -0.614. The van der Waals surface area contributed by atoms with Crippen molar-refractivity contribution >= 4 is 29.7 Å². The molecule has 0 aliphatic heterocycles. The molecule has 1 atom stereocenters. The lowest BCUT2D eigenvalue weighted by Gasteiger charge is -2.15. The van der Waals surface area contributed by atoms with Crippen molar-refractivity contribution in [3.63, 3.8) is 0 Å². The molecule has 0 aromatic carbocycles. The van der Waals surface area contributed by atoms with Gasteiger partial charge >= 0.3 is 12.0 Å². The van der Waals surface area contributed by atoms with Gasteiger partial charge < -0.3 is 10.4 Å². The van der Waals surface area contributed by atoms with E-state index < -0.39 is 23.2 Å². The van der Waals surface area contributed by atoms with E-state index >= 15 is 0 Å². The van der Waals surface area contributed by atoms with Gasteiger partial charge in [0.25, 0.3) is 0 Å². The van der Waals surface area contributed by atoms with Crippen LogP contribution < -0.4 is 10.6 Å². The molecular weight excluding hydrogens is 256 g/mol. The second-order valence-corrected chi connectivity index (χ2v) is 4.99. The van der Waals surface area contributed by atoms with Crippen LogP contribution in [0.25, 0.3) is 0 Å². The maximum absolute atomic E-state index is 11.4. The number of nitrogens with one attached hydrogen (secondary N) is 2. The Morgan fingerprint density at radius 2 is 2.00 bits per heavy atom. The number of carboxylic acids is 1. The van der Waals surface area contributed by atoms with Crippen LogP contribution in [-0.4, -0.2) is 40.6 Å². The standard InChI is InChI=1S/C11H18N2O4S/c1-4-5-12-11(17)13-8(14)6-18-9(7(2)3)10(15)16/h4,7,9H,1,5-6H2,2-3H3,(H,15,16)(H2,12,13,14,17). The summed E-state index contributed by atoms with van der Waals surface area (Å²) in [6.45, 7) is 7.20. The van der Waals surface area contributed by atoms with E-state index in [0.717, 1.165) is 11.8 Å². The van der Waals surface area contributed by atoms with Crippen molar-refractivity contribution in [1.29, 1.82) is 0 Å². The molecule has 0 rings (SSSR count). The molecule has 3 amide bonds. The predicted octanol–water partition coefficient (Wildman–Crippen LogP) is 0.841. The number of imide groups is 1. The van der Waals surface area contributed by atoms with E-state index in [4.69, 9.17) is 5.11 Å². The maximum Gasteiger partial charge on any atom is 0.321 e. The number of hydrogen-bond donors (Lipinski definition) is 3. The fourth-order valence-electron chi connectivity index (χ4n) is 1.09. The molecule has 6 nitrogen and oxygen atoms in total. The van der Waals surface area contributed by atoms with Crippen LogP contribution in [-0.2, 0) is 9.59 Å². The minimum absolute atomic E-state index is 0.0728. The fraction of sp³-hybridized carbons (Fsp3) is 0.545. The Morgan fingerprint density at radius 1 is 1.39 bits per heavy atom. The van der Waals surface area contributed by atoms with E-state index in [9.17, 15) is 14.4 Å². The fourth-order valence-corrected chi connectivity index (χ4v) is 2.02. The number of carbonyl (C=O) groups is 3. The molecule has 0 aliphatic carbocycles. The maximum atomic E-state index is 11.4. The molecule has 1 unspecified atom stereocenters. The number of urea groups is 1. The second-order valence-electron chi connectivity index (χ2n) is 3.86. The SMILES string of the molecule is C=CCNC(=O)NC(=O)CSC(C(=O)O)C(C)C. The van der Waals surface area contributed by atoms with E-state index in [0.29, 0.717) is 0 Å². The zero-order valence-corrected chi connectivity index (χ0v) is 11.3. The molecule has 0 saturated heterocycles. The molecule has 0 saturated carbocycles. The number of thioether (sulfide) groups is 1. The minimum Gasteiger partial charge on any atom is -0.480 e. The van der Waals surface area contributed by atoms with Crippen molar-refractivity contribution in [2.24, 2.45) is 5.92 Å². The molecule has 18 heavy (non-hydrogen) atoms. The summed E-state index contributed by atoms with van der Waals surface area (Å²) in [6.07, 6.45) is 1.48. The van der Waals surface area contributed by atoms with Gasteiger partial charge in [0.2, 0.25) is 5.91 Å². The van der Waals surface area contributed by atoms with Gasteiger partial charge in [0.15, 0.2) is 0 Å². The summed E-state index contributed by atoms with van der Waals surface area (Å²) < 4.78 is 0. The number of rotatable bonds is 7. The summed E-state index contributed by atoms with van der Waals surface area (Å²) in [7, 11) is 0. The monoisotopic (exact) mass is 274 g/mol. The lowest BCUT2D eigenvalue weighted by molar-refractivity contribution is -0.137. The lowest BCUT2D eigenvalue weighted by atomic mass is 10.1. The van der Waals surface area contributed by atoms with Gasteiger partial charge in [-0.2, -0.15) is 0 Å². The molecule has 0 aromatic rings. The summed E-state index contributed by atoms with van der Waals surface area (Å²) in [5.41, 5.74) is 0. The van der Waals surface area contributed by atoms with Crippen molar-refractivity contribution in [2.45, 2.75) is 19.1 Å². The van der Waals surface area contributed by atoms with Crippen LogP contribution in [0.15, 0.2) is 12.7 Å². The molecule has 0 heterocycles. The number of carbonyl (C=O) groups excluding carboxylic acids is 2. The van der Waals surface area contributed by atoms with Gasteiger partial charge in [-0.1, -0.05) is 19.9 Å². The van der Waals surface area contributed by atoms with Crippen molar-refractivity contribution in [3.05, 3.63) is 12.7 Å². The Kier molecular flexibility index (Phi) is 7.86. The molecule has 0 fully saturated rings. The van der Waals surface area contributed by atoms with Crippen molar-refractivity contribution in [2.75, 3.05) is 12.3 Å². The first kappa shape index (κ1) is 16.5. The Balaban J connectivity index is 4.05. The van der Waals surface area contributed by atoms with Crippen LogP contribution in [0.3, 0.4) is 0 Å². The molecule has 0 spiro atoms. The lowest BCUT2D eigenvalue weighted by Crippen LogP contribution is -2.40. The molecule has 7 heteroatoms. The first-order chi connectivity index (χ1) is 8.38. The van der Waals surface area contributed by atoms with Crippen LogP contribution in [0.4, 0.5) is 4.79 Å². The van der Waals surface area contributed by atoms with Crippen molar-refractivity contribution in [3.8, 4) is 0 Å². The van der Waals surface area contributed by atoms with E-state index in [1.807, 2.05) is 0 Å². The highest BCUT2D eigenvalue weighted by Crippen LogP contribution is 2.19. The molecule has 0 aliphatic rings. The Labute approximate surface area is 110 Å². The van der Waals surface area contributed by atoms with Crippen LogP contribution in [0.2, 0.25) is 0 Å². The van der Waals surface area contributed by atoms with Crippen LogP contribution in [0, 0.1) is 5.92 Å². The molecule has 0 aromatic heterocycles. The highest BCUT2D eigenvalue weighted by molar-refractivity contribution is 8.01. The van der Waals surface area contributed by atoms with E-state index in [1.54, 1.807) is 13.8 Å². The number of carboxylic acid groups (broad SMARTS) is 1. The number of aliphatic carboxylic acids is 1. The van der Waals surface area contributed by atoms with E-state index in [2.05, 4.69) is 17.2 Å². The third-order valence-electron chi connectivity index (χ3n) is 1.90. The van der Waals surface area contributed by atoms with Gasteiger partial charge in [-0.05, 0) is 5.92 Å². The molecular formula is C11H18N2O4S. The molecule has 0 bridgehead atoms. The van der Waals surface area contributed by atoms with Gasteiger partial charge in [-0.15, -0.1) is 18.3 Å². The summed E-state index contributed by atoms with van der Waals surface area (Å²) in [5, 5.41) is 12.7. The summed E-state index contributed by atoms with van der Waals surface area (Å²) in [4.78, 5) is 33.3. The zero-order valence-electron chi connectivity index (χ0n) is 10.4. The quantitative estimate of drug-likeness (QED) is 0.598. The Hall–Kier alpha value is -1.50.